The molecule has 0 amide bonds. The fourth-order valence-corrected chi connectivity index (χ4v) is 5.85. The molecular weight excluding hydrogens is 546 g/mol. The molecule has 2 aliphatic rings. The van der Waals surface area contributed by atoms with Gasteiger partial charge in [-0.3, -0.25) is 9.80 Å². The number of piperidine rings is 1. The van der Waals surface area contributed by atoms with Crippen molar-refractivity contribution >= 4 is 34.6 Å². The van der Waals surface area contributed by atoms with Gasteiger partial charge in [0.1, 0.15) is 0 Å². The first-order valence-corrected chi connectivity index (χ1v) is 12.9. The Balaban J connectivity index is 0.000000286. The van der Waals surface area contributed by atoms with Crippen molar-refractivity contribution in [3.63, 3.8) is 0 Å². The van der Waals surface area contributed by atoms with Crippen molar-refractivity contribution in [3.8, 4) is 0 Å². The van der Waals surface area contributed by atoms with E-state index >= 15 is 0 Å². The quantitative estimate of drug-likeness (QED) is 0.445. The van der Waals surface area contributed by atoms with Gasteiger partial charge < -0.3 is 10.2 Å². The van der Waals surface area contributed by atoms with Gasteiger partial charge in [-0.25, -0.2) is 9.59 Å². The van der Waals surface area contributed by atoms with Crippen molar-refractivity contribution in [3.05, 3.63) is 44.3 Å². The number of carboxylic acids is 2. The molecule has 2 aromatic rings. The Morgan fingerprint density at radius 3 is 1.76 bits per heavy atom. The van der Waals surface area contributed by atoms with Crippen LogP contribution in [0.1, 0.15) is 33.9 Å². The molecule has 0 aliphatic carbocycles. The molecule has 37 heavy (non-hydrogen) atoms. The van der Waals surface area contributed by atoms with Crippen LogP contribution in [0, 0.1) is 12.3 Å². The lowest BCUT2D eigenvalue weighted by atomic mass is 9.78. The maximum Gasteiger partial charge on any atom is 0.490 e. The van der Waals surface area contributed by atoms with Gasteiger partial charge in [-0.2, -0.15) is 26.3 Å². The van der Waals surface area contributed by atoms with E-state index in [2.05, 4.69) is 46.4 Å². The molecule has 2 fully saturated rings. The van der Waals surface area contributed by atoms with Crippen LogP contribution in [0.2, 0.25) is 0 Å². The van der Waals surface area contributed by atoms with Gasteiger partial charge >= 0.3 is 24.3 Å². The van der Waals surface area contributed by atoms with Crippen molar-refractivity contribution in [1.29, 1.82) is 0 Å². The highest BCUT2D eigenvalue weighted by Gasteiger charge is 2.41. The van der Waals surface area contributed by atoms with Gasteiger partial charge in [0.2, 0.25) is 0 Å². The Kier molecular flexibility index (Phi) is 11.0. The maximum absolute atomic E-state index is 10.6. The summed E-state index contributed by atoms with van der Waals surface area (Å²) in [5.74, 6) is -5.51. The van der Waals surface area contributed by atoms with Gasteiger partial charge in [0.05, 0.1) is 0 Å². The molecule has 0 unspecified atom stereocenters. The summed E-state index contributed by atoms with van der Waals surface area (Å²) in [4.78, 5) is 27.6. The standard InChI is InChI=1S/C19H26N2S2.2C2HF3O2/c1-16-4-5-18(23-16)14-20-9-6-19(7-10-20)8-11-21(15-19)13-17-3-2-12-22-17;2*3-2(4,5)1(6)7/h2-5,12H,6-11,13-15H2,1H3;2*(H,6,7). The summed E-state index contributed by atoms with van der Waals surface area (Å²) >= 11 is 3.86. The van der Waals surface area contributed by atoms with E-state index in [9.17, 15) is 26.3 Å². The maximum atomic E-state index is 10.6. The minimum absolute atomic E-state index is 0.610. The Bertz CT molecular complexity index is 976. The number of aryl methyl sites for hydroxylation is 1. The molecule has 1 spiro atoms. The van der Waals surface area contributed by atoms with Gasteiger partial charge in [0.25, 0.3) is 0 Å². The SMILES string of the molecule is Cc1ccc(CN2CCC3(CC2)CCN(Cc2cccs2)C3)s1.O=C(O)C(F)(F)F.O=C(O)C(F)(F)F. The zero-order valence-corrected chi connectivity index (χ0v) is 21.6. The Morgan fingerprint density at radius 2 is 1.35 bits per heavy atom. The number of halogens is 6. The molecule has 0 bridgehead atoms. The van der Waals surface area contributed by atoms with E-state index in [1.165, 1.54) is 60.1 Å². The van der Waals surface area contributed by atoms with E-state index in [-0.39, 0.29) is 0 Å². The predicted octanol–water partition coefficient (Wildman–Crippen LogP) is 5.87. The van der Waals surface area contributed by atoms with Crippen LogP contribution in [-0.2, 0) is 22.7 Å². The van der Waals surface area contributed by atoms with Crippen molar-refractivity contribution in [2.24, 2.45) is 5.41 Å². The third-order valence-electron chi connectivity index (χ3n) is 6.05. The molecule has 6 nitrogen and oxygen atoms in total. The molecule has 14 heteroatoms. The number of likely N-dealkylation sites (tertiary alicyclic amines) is 2. The number of nitrogens with zero attached hydrogens (tertiary/aromatic N) is 2. The normalized spacial score (nSPS) is 18.0. The molecule has 0 atom stereocenters. The van der Waals surface area contributed by atoms with Crippen molar-refractivity contribution in [1.82, 2.24) is 9.80 Å². The molecule has 2 N–H and O–H groups in total. The van der Waals surface area contributed by atoms with E-state index in [0.29, 0.717) is 5.41 Å². The van der Waals surface area contributed by atoms with Crippen LogP contribution < -0.4 is 0 Å². The highest BCUT2D eigenvalue weighted by molar-refractivity contribution is 7.11. The van der Waals surface area contributed by atoms with E-state index < -0.39 is 24.3 Å². The van der Waals surface area contributed by atoms with Gasteiger partial charge in [-0.1, -0.05) is 6.07 Å². The zero-order chi connectivity index (χ0) is 27.9. The average molecular weight is 575 g/mol. The molecule has 2 saturated heterocycles. The van der Waals surface area contributed by atoms with Crippen LogP contribution in [0.15, 0.2) is 29.6 Å². The monoisotopic (exact) mass is 574 g/mol. The highest BCUT2D eigenvalue weighted by atomic mass is 32.1. The molecule has 4 rings (SSSR count). The topological polar surface area (TPSA) is 81.1 Å². The van der Waals surface area contributed by atoms with Crippen LogP contribution in [0.4, 0.5) is 26.3 Å². The molecule has 2 aliphatic heterocycles. The van der Waals surface area contributed by atoms with Crippen molar-refractivity contribution in [2.75, 3.05) is 26.2 Å². The second kappa shape index (κ2) is 13.1. The predicted molar refractivity (Wildman–Crippen MR) is 128 cm³/mol. The van der Waals surface area contributed by atoms with Crippen LogP contribution in [0.5, 0.6) is 0 Å². The molecule has 208 valence electrons. The van der Waals surface area contributed by atoms with Gasteiger partial charge in [-0.05, 0) is 74.8 Å². The van der Waals surface area contributed by atoms with Crippen LogP contribution in [0.25, 0.3) is 0 Å². The summed E-state index contributed by atoms with van der Waals surface area (Å²) in [7, 11) is 0. The zero-order valence-electron chi connectivity index (χ0n) is 19.9. The molecule has 4 heterocycles. The number of rotatable bonds is 4. The van der Waals surface area contributed by atoms with Gasteiger partial charge in [0, 0.05) is 34.3 Å². The first-order chi connectivity index (χ1) is 17.1. The first kappa shape index (κ1) is 31.1. The van der Waals surface area contributed by atoms with Crippen LogP contribution >= 0.6 is 22.7 Å². The molecular formula is C23H28F6N2O4S2. The fourth-order valence-electron chi connectivity index (χ4n) is 4.17. The van der Waals surface area contributed by atoms with Crippen LogP contribution in [0.3, 0.4) is 0 Å². The minimum Gasteiger partial charge on any atom is -0.475 e. The minimum atomic E-state index is -5.08. The van der Waals surface area contributed by atoms with E-state index in [0.717, 1.165) is 13.1 Å². The second-order valence-electron chi connectivity index (χ2n) is 8.93. The number of carbonyl (C=O) groups is 2. The molecule has 0 aromatic carbocycles. The number of aliphatic carboxylic acids is 2. The van der Waals surface area contributed by atoms with E-state index in [1.54, 1.807) is 0 Å². The largest absolute Gasteiger partial charge is 0.490 e. The van der Waals surface area contributed by atoms with Crippen LogP contribution in [-0.4, -0.2) is 70.5 Å². The number of alkyl halides is 6. The molecule has 0 saturated carbocycles. The lowest BCUT2D eigenvalue weighted by Gasteiger charge is -2.39. The first-order valence-electron chi connectivity index (χ1n) is 11.2. The fraction of sp³-hybridized carbons (Fsp3) is 0.565. The summed E-state index contributed by atoms with van der Waals surface area (Å²) in [6, 6.07) is 9.02. The number of hydrogen-bond donors (Lipinski definition) is 2. The Labute approximate surface area is 218 Å². The number of carboxylic acid groups (broad SMARTS) is 2. The third kappa shape index (κ3) is 10.6. The van der Waals surface area contributed by atoms with Crippen molar-refractivity contribution < 1.29 is 46.1 Å². The average Bonchev–Trinajstić information content (AvgIpc) is 3.53. The summed E-state index contributed by atoms with van der Waals surface area (Å²) in [6.07, 6.45) is -5.99. The van der Waals surface area contributed by atoms with E-state index in [1.807, 2.05) is 22.7 Å². The highest BCUT2D eigenvalue weighted by Crippen LogP contribution is 2.41. The van der Waals surface area contributed by atoms with Gasteiger partial charge in [0.15, 0.2) is 0 Å². The molecule has 0 radical (unpaired) electrons. The number of thiophene rings is 2. The van der Waals surface area contributed by atoms with E-state index in [4.69, 9.17) is 19.8 Å². The Hall–Kier alpha value is -2.16. The Morgan fingerprint density at radius 1 is 0.865 bits per heavy atom. The lowest BCUT2D eigenvalue weighted by Crippen LogP contribution is -2.41. The van der Waals surface area contributed by atoms with Gasteiger partial charge in [-0.15, -0.1) is 22.7 Å². The lowest BCUT2D eigenvalue weighted by molar-refractivity contribution is -0.193. The summed E-state index contributed by atoms with van der Waals surface area (Å²) < 4.78 is 63.5. The second-order valence-corrected chi connectivity index (χ2v) is 11.3. The smallest absolute Gasteiger partial charge is 0.475 e. The number of hydrogen-bond acceptors (Lipinski definition) is 6. The summed E-state index contributed by atoms with van der Waals surface area (Å²) in [5, 5.41) is 16.5. The third-order valence-corrected chi connectivity index (χ3v) is 7.90. The molecule has 2 aromatic heterocycles. The summed E-state index contributed by atoms with van der Waals surface area (Å²) in [5.41, 5.74) is 0.610. The summed E-state index contributed by atoms with van der Waals surface area (Å²) in [6.45, 7) is 9.71. The van der Waals surface area contributed by atoms with Crippen molar-refractivity contribution in [2.45, 2.75) is 51.6 Å².